The molecule has 3 aromatic rings. The maximum Gasteiger partial charge on any atom is 0.256 e. The van der Waals surface area contributed by atoms with E-state index in [0.717, 1.165) is 39.8 Å². The first-order valence-electron chi connectivity index (χ1n) is 13.3. The van der Waals surface area contributed by atoms with Gasteiger partial charge < -0.3 is 14.9 Å². The van der Waals surface area contributed by atoms with Crippen molar-refractivity contribution in [2.24, 2.45) is 9.98 Å². The Kier molecular flexibility index (Phi) is 5.69. The van der Waals surface area contributed by atoms with Crippen molar-refractivity contribution in [3.63, 3.8) is 0 Å². The second-order valence-corrected chi connectivity index (χ2v) is 11.3. The van der Waals surface area contributed by atoms with Crippen LogP contribution in [0.15, 0.2) is 57.4 Å². The van der Waals surface area contributed by atoms with Crippen LogP contribution in [0, 0.1) is 0 Å². The van der Waals surface area contributed by atoms with Crippen LogP contribution in [0.25, 0.3) is 5.69 Å². The molecular formula is C29H27BrN6O3. The van der Waals surface area contributed by atoms with Gasteiger partial charge in [-0.05, 0) is 70.6 Å². The highest BCUT2D eigenvalue weighted by Gasteiger charge is 2.40. The van der Waals surface area contributed by atoms with Crippen LogP contribution in [0.3, 0.4) is 0 Å². The fourth-order valence-corrected chi connectivity index (χ4v) is 6.57. The number of phenols is 1. The van der Waals surface area contributed by atoms with Gasteiger partial charge in [0.1, 0.15) is 18.1 Å². The molecule has 0 spiro atoms. The van der Waals surface area contributed by atoms with Crippen LogP contribution in [0.5, 0.6) is 5.75 Å². The average Bonchev–Trinajstić information content (AvgIpc) is 3.61. The molecule has 9 nitrogen and oxygen atoms in total. The number of halogens is 1. The lowest BCUT2D eigenvalue weighted by Gasteiger charge is -2.37. The van der Waals surface area contributed by atoms with E-state index in [0.29, 0.717) is 67.0 Å². The summed E-state index contributed by atoms with van der Waals surface area (Å²) in [6.07, 6.45) is 4.77. The molecule has 4 heterocycles. The summed E-state index contributed by atoms with van der Waals surface area (Å²) in [5, 5.41) is 17.2. The van der Waals surface area contributed by atoms with Gasteiger partial charge in [-0.25, -0.2) is 4.68 Å². The Morgan fingerprint density at radius 3 is 2.67 bits per heavy atom. The zero-order valence-corrected chi connectivity index (χ0v) is 22.9. The summed E-state index contributed by atoms with van der Waals surface area (Å²) in [6, 6.07) is 9.12. The van der Waals surface area contributed by atoms with Crippen molar-refractivity contribution >= 4 is 27.7 Å². The largest absolute Gasteiger partial charge is 0.506 e. The lowest BCUT2D eigenvalue weighted by atomic mass is 9.94. The monoisotopic (exact) mass is 586 g/mol. The van der Waals surface area contributed by atoms with Gasteiger partial charge in [0.15, 0.2) is 0 Å². The Balaban J connectivity index is 1.33. The first kappa shape index (κ1) is 24.3. The summed E-state index contributed by atoms with van der Waals surface area (Å²) in [4.78, 5) is 39.3. The third-order valence-corrected chi connectivity index (χ3v) is 8.86. The quantitative estimate of drug-likeness (QED) is 0.475. The fourth-order valence-electron chi connectivity index (χ4n) is 6.13. The van der Waals surface area contributed by atoms with E-state index >= 15 is 0 Å². The van der Waals surface area contributed by atoms with Crippen LogP contribution in [-0.4, -0.2) is 62.8 Å². The van der Waals surface area contributed by atoms with Crippen LogP contribution >= 0.6 is 15.9 Å². The van der Waals surface area contributed by atoms with Gasteiger partial charge in [0.25, 0.3) is 5.91 Å². The molecule has 3 aliphatic heterocycles. The number of carbonyl (C=O) groups is 2. The molecule has 1 unspecified atom stereocenters. The second-order valence-electron chi connectivity index (χ2n) is 10.5. The van der Waals surface area contributed by atoms with Crippen LogP contribution < -0.4 is 10.7 Å². The van der Waals surface area contributed by atoms with Gasteiger partial charge in [0.2, 0.25) is 5.91 Å². The van der Waals surface area contributed by atoms with Crippen molar-refractivity contribution in [1.82, 2.24) is 19.6 Å². The summed E-state index contributed by atoms with van der Waals surface area (Å²) in [6.45, 7) is 5.24. The first-order chi connectivity index (χ1) is 18.9. The van der Waals surface area contributed by atoms with E-state index in [9.17, 15) is 14.7 Å². The smallest absolute Gasteiger partial charge is 0.256 e. The van der Waals surface area contributed by atoms with Crippen LogP contribution in [0.2, 0.25) is 0 Å². The number of nitrogens with zero attached hydrogens (tertiary/aromatic N) is 6. The number of aromatic nitrogens is 2. The van der Waals surface area contributed by atoms with Gasteiger partial charge >= 0.3 is 0 Å². The molecule has 0 radical (unpaired) electrons. The van der Waals surface area contributed by atoms with Gasteiger partial charge in [0, 0.05) is 42.5 Å². The molecule has 1 fully saturated rings. The number of benzene rings is 2. The topological polar surface area (TPSA) is 103 Å². The fraction of sp³-hybridized carbons (Fsp3) is 0.345. The van der Waals surface area contributed by atoms with Crippen LogP contribution in [-0.2, 0) is 17.6 Å². The molecule has 198 valence electrons. The molecule has 7 rings (SSSR count). The molecule has 1 N–H and O–H groups in total. The van der Waals surface area contributed by atoms with Crippen molar-refractivity contribution in [3.8, 4) is 11.4 Å². The van der Waals surface area contributed by atoms with E-state index in [1.54, 1.807) is 11.0 Å². The van der Waals surface area contributed by atoms with E-state index < -0.39 is 0 Å². The number of aromatic hydroxyl groups is 1. The lowest BCUT2D eigenvalue weighted by Crippen LogP contribution is -2.47. The number of carbonyl (C=O) groups excluding carboxylic acids is 2. The lowest BCUT2D eigenvalue weighted by molar-refractivity contribution is -0.126. The van der Waals surface area contributed by atoms with Gasteiger partial charge in [-0.15, -0.1) is 0 Å². The summed E-state index contributed by atoms with van der Waals surface area (Å²) in [7, 11) is 0. The SMILES string of the molecule is C=CC(=O)N1CCc2nn(-c3ccc(C4CC4)cc3O)c3c2C(C1)N(C(=O)c1ccc(Br)c2c1=NCN=2)CC3. The molecule has 1 atom stereocenters. The Hall–Kier alpha value is -3.79. The third kappa shape index (κ3) is 3.92. The van der Waals surface area contributed by atoms with E-state index in [1.807, 2.05) is 27.8 Å². The number of fused-ring (bicyclic) bond motifs is 1. The maximum absolute atomic E-state index is 14.1. The van der Waals surface area contributed by atoms with E-state index in [2.05, 4.69) is 38.6 Å². The zero-order valence-electron chi connectivity index (χ0n) is 21.3. The van der Waals surface area contributed by atoms with Crippen molar-refractivity contribution < 1.29 is 14.7 Å². The first-order valence-corrected chi connectivity index (χ1v) is 14.1. The molecule has 0 saturated heterocycles. The molecule has 1 aliphatic carbocycles. The highest BCUT2D eigenvalue weighted by Crippen LogP contribution is 2.43. The van der Waals surface area contributed by atoms with Crippen LogP contribution in [0.4, 0.5) is 0 Å². The molecular weight excluding hydrogens is 560 g/mol. The minimum atomic E-state index is -0.387. The highest BCUT2D eigenvalue weighted by molar-refractivity contribution is 9.10. The Morgan fingerprint density at radius 1 is 1.08 bits per heavy atom. The van der Waals surface area contributed by atoms with E-state index in [1.165, 1.54) is 6.08 Å². The summed E-state index contributed by atoms with van der Waals surface area (Å²) >= 11 is 3.52. The average molecular weight is 587 g/mol. The molecule has 2 amide bonds. The standard InChI is InChI=1S/C29H27BrN6O3/c1-2-25(38)34-11-9-20-26-22(36(33-20)21-8-5-17(13-24(21)37)16-3-4-16)10-12-35(23(26)14-34)29(39)18-6-7-19(30)28-27(18)31-15-32-28/h2,5-8,13,16,23,37H,1,3-4,9-12,14-15H2. The van der Waals surface area contributed by atoms with Crippen molar-refractivity contribution in [3.05, 3.63) is 86.3 Å². The predicted molar refractivity (Wildman–Crippen MR) is 146 cm³/mol. The minimum Gasteiger partial charge on any atom is -0.506 e. The Morgan fingerprint density at radius 2 is 1.90 bits per heavy atom. The normalized spacial score (nSPS) is 19.5. The Bertz CT molecular complexity index is 1690. The predicted octanol–water partition coefficient (Wildman–Crippen LogP) is 2.74. The van der Waals surface area contributed by atoms with Gasteiger partial charge in [-0.2, -0.15) is 5.10 Å². The number of rotatable bonds is 4. The van der Waals surface area contributed by atoms with Crippen molar-refractivity contribution in [2.75, 3.05) is 26.3 Å². The van der Waals surface area contributed by atoms with Crippen LogP contribution in [0.1, 0.15) is 57.7 Å². The molecule has 1 aromatic heterocycles. The number of phenolic OH excluding ortho intramolecular Hbond substituents is 1. The van der Waals surface area contributed by atoms with Gasteiger partial charge in [-0.3, -0.25) is 19.6 Å². The number of hydrogen-bond acceptors (Lipinski definition) is 6. The van der Waals surface area contributed by atoms with Gasteiger partial charge in [0.05, 0.1) is 33.7 Å². The van der Waals surface area contributed by atoms with Gasteiger partial charge in [-0.1, -0.05) is 12.6 Å². The van der Waals surface area contributed by atoms with Crippen molar-refractivity contribution in [2.45, 2.75) is 37.6 Å². The second kappa shape index (κ2) is 9.15. The molecule has 10 heteroatoms. The zero-order chi connectivity index (χ0) is 26.8. The summed E-state index contributed by atoms with van der Waals surface area (Å²) in [5.41, 5.74) is 5.10. The molecule has 1 saturated carbocycles. The maximum atomic E-state index is 14.1. The molecule has 2 aromatic carbocycles. The minimum absolute atomic E-state index is 0.140. The molecule has 0 bridgehead atoms. The highest BCUT2D eigenvalue weighted by atomic mass is 79.9. The summed E-state index contributed by atoms with van der Waals surface area (Å²) in [5.74, 6) is 0.440. The number of amides is 2. The molecule has 39 heavy (non-hydrogen) atoms. The van der Waals surface area contributed by atoms with Crippen molar-refractivity contribution in [1.29, 1.82) is 0 Å². The summed E-state index contributed by atoms with van der Waals surface area (Å²) < 4.78 is 2.66. The Labute approximate surface area is 233 Å². The molecule has 4 aliphatic rings. The van der Waals surface area contributed by atoms with E-state index in [-0.39, 0.29) is 23.6 Å². The van der Waals surface area contributed by atoms with E-state index in [4.69, 9.17) is 5.10 Å². The third-order valence-electron chi connectivity index (χ3n) is 8.22. The number of hydrogen-bond donors (Lipinski definition) is 1.